The lowest BCUT2D eigenvalue weighted by Gasteiger charge is -2.10. The van der Waals surface area contributed by atoms with E-state index in [-0.39, 0.29) is 12.6 Å². The van der Waals surface area contributed by atoms with Crippen molar-refractivity contribution in [1.82, 2.24) is 0 Å². The zero-order chi connectivity index (χ0) is 11.3. The van der Waals surface area contributed by atoms with Crippen LogP contribution in [0.15, 0.2) is 18.2 Å². The molecule has 0 amide bonds. The summed E-state index contributed by atoms with van der Waals surface area (Å²) in [6, 6.07) is 5.82. The third kappa shape index (κ3) is 3.90. The molecule has 0 radical (unpaired) electrons. The number of aliphatic hydroxyl groups is 1. The number of aliphatic hydroxyl groups excluding tert-OH is 1. The van der Waals surface area contributed by atoms with Gasteiger partial charge in [0.2, 0.25) is 0 Å². The van der Waals surface area contributed by atoms with E-state index in [1.807, 2.05) is 18.2 Å². The van der Waals surface area contributed by atoms with Crippen LogP contribution >= 0.6 is 0 Å². The standard InChI is InChI=1S/C12H19NO2/c1-9-3-4-12(7-10(9)2)15-6-5-11(13)8-14/h3-4,7,11,14H,5-6,8,13H2,1-2H3. The SMILES string of the molecule is Cc1ccc(OCCC(N)CO)cc1C. The van der Waals surface area contributed by atoms with Crippen molar-refractivity contribution in [2.75, 3.05) is 13.2 Å². The summed E-state index contributed by atoms with van der Waals surface area (Å²) in [5.74, 6) is 0.864. The fourth-order valence-corrected chi connectivity index (χ4v) is 1.22. The Hall–Kier alpha value is -1.06. The highest BCUT2D eigenvalue weighted by atomic mass is 16.5. The van der Waals surface area contributed by atoms with Gasteiger partial charge in [-0.05, 0) is 43.5 Å². The van der Waals surface area contributed by atoms with Gasteiger partial charge in [-0.25, -0.2) is 0 Å². The first kappa shape index (κ1) is 12.0. The van der Waals surface area contributed by atoms with Crippen molar-refractivity contribution in [2.24, 2.45) is 5.73 Å². The molecule has 0 aliphatic heterocycles. The monoisotopic (exact) mass is 209 g/mol. The molecule has 0 bridgehead atoms. The van der Waals surface area contributed by atoms with E-state index in [1.54, 1.807) is 0 Å². The van der Waals surface area contributed by atoms with Crippen LogP contribution in [0.4, 0.5) is 0 Å². The van der Waals surface area contributed by atoms with Gasteiger partial charge in [-0.1, -0.05) is 6.07 Å². The topological polar surface area (TPSA) is 55.5 Å². The molecule has 3 heteroatoms. The van der Waals surface area contributed by atoms with Gasteiger partial charge in [-0.15, -0.1) is 0 Å². The maximum atomic E-state index is 8.73. The van der Waals surface area contributed by atoms with Crippen molar-refractivity contribution in [3.05, 3.63) is 29.3 Å². The molecule has 15 heavy (non-hydrogen) atoms. The second-order valence-corrected chi connectivity index (χ2v) is 3.83. The molecular formula is C12H19NO2. The van der Waals surface area contributed by atoms with Crippen molar-refractivity contribution in [1.29, 1.82) is 0 Å². The first-order chi connectivity index (χ1) is 7.13. The Balaban J connectivity index is 2.41. The molecule has 3 nitrogen and oxygen atoms in total. The lowest BCUT2D eigenvalue weighted by Crippen LogP contribution is -2.26. The van der Waals surface area contributed by atoms with Crippen LogP contribution < -0.4 is 10.5 Å². The predicted molar refractivity (Wildman–Crippen MR) is 61.1 cm³/mol. The van der Waals surface area contributed by atoms with Gasteiger partial charge < -0.3 is 15.6 Å². The number of ether oxygens (including phenoxy) is 1. The van der Waals surface area contributed by atoms with Crippen LogP contribution in [0.2, 0.25) is 0 Å². The zero-order valence-corrected chi connectivity index (χ0v) is 9.36. The summed E-state index contributed by atoms with van der Waals surface area (Å²) in [5.41, 5.74) is 8.04. The minimum Gasteiger partial charge on any atom is -0.494 e. The Bertz CT molecular complexity index is 312. The zero-order valence-electron chi connectivity index (χ0n) is 9.36. The lowest BCUT2D eigenvalue weighted by molar-refractivity contribution is 0.230. The van der Waals surface area contributed by atoms with Gasteiger partial charge in [0.05, 0.1) is 13.2 Å². The van der Waals surface area contributed by atoms with E-state index in [2.05, 4.69) is 13.8 Å². The first-order valence-corrected chi connectivity index (χ1v) is 5.20. The van der Waals surface area contributed by atoms with Crippen LogP contribution in [0.3, 0.4) is 0 Å². The van der Waals surface area contributed by atoms with Crippen molar-refractivity contribution in [3.8, 4) is 5.75 Å². The van der Waals surface area contributed by atoms with Crippen molar-refractivity contribution >= 4 is 0 Å². The van der Waals surface area contributed by atoms with Crippen LogP contribution in [0, 0.1) is 13.8 Å². The highest BCUT2D eigenvalue weighted by molar-refractivity contribution is 5.33. The van der Waals surface area contributed by atoms with Gasteiger partial charge in [0.25, 0.3) is 0 Å². The van der Waals surface area contributed by atoms with Crippen molar-refractivity contribution in [2.45, 2.75) is 26.3 Å². The van der Waals surface area contributed by atoms with Gasteiger partial charge in [0.1, 0.15) is 5.75 Å². The average molecular weight is 209 g/mol. The Kier molecular flexibility index (Phi) is 4.59. The summed E-state index contributed by atoms with van der Waals surface area (Å²) < 4.78 is 5.52. The molecule has 0 saturated carbocycles. The van der Waals surface area contributed by atoms with Gasteiger partial charge in [0.15, 0.2) is 0 Å². The number of benzene rings is 1. The summed E-state index contributed by atoms with van der Waals surface area (Å²) in [7, 11) is 0. The number of hydrogen-bond donors (Lipinski definition) is 2. The molecule has 1 aromatic carbocycles. The lowest BCUT2D eigenvalue weighted by atomic mass is 10.1. The summed E-state index contributed by atoms with van der Waals surface area (Å²) >= 11 is 0. The van der Waals surface area contributed by atoms with Crippen LogP contribution in [0.25, 0.3) is 0 Å². The molecular weight excluding hydrogens is 190 g/mol. The van der Waals surface area contributed by atoms with Gasteiger partial charge in [-0.3, -0.25) is 0 Å². The number of nitrogens with two attached hydrogens (primary N) is 1. The normalized spacial score (nSPS) is 12.5. The van der Waals surface area contributed by atoms with Crippen LogP contribution in [0.1, 0.15) is 17.5 Å². The largest absolute Gasteiger partial charge is 0.494 e. The van der Waals surface area contributed by atoms with Crippen LogP contribution in [-0.4, -0.2) is 24.4 Å². The van der Waals surface area contributed by atoms with E-state index < -0.39 is 0 Å². The van der Waals surface area contributed by atoms with Gasteiger partial charge in [0, 0.05) is 6.04 Å². The molecule has 0 aromatic heterocycles. The highest BCUT2D eigenvalue weighted by Gasteiger charge is 2.01. The van der Waals surface area contributed by atoms with E-state index in [4.69, 9.17) is 15.6 Å². The maximum absolute atomic E-state index is 8.73. The van der Waals surface area contributed by atoms with E-state index >= 15 is 0 Å². The van der Waals surface area contributed by atoms with Crippen molar-refractivity contribution < 1.29 is 9.84 Å². The van der Waals surface area contributed by atoms with Crippen molar-refractivity contribution in [3.63, 3.8) is 0 Å². The summed E-state index contributed by atoms with van der Waals surface area (Å²) in [4.78, 5) is 0. The quantitative estimate of drug-likeness (QED) is 0.770. The Morgan fingerprint density at radius 2 is 2.07 bits per heavy atom. The average Bonchev–Trinajstić information content (AvgIpc) is 2.23. The molecule has 0 heterocycles. The van der Waals surface area contributed by atoms with Gasteiger partial charge in [-0.2, -0.15) is 0 Å². The fraction of sp³-hybridized carbons (Fsp3) is 0.500. The molecule has 0 spiro atoms. The van der Waals surface area contributed by atoms with E-state index in [0.717, 1.165) is 5.75 Å². The number of hydrogen-bond acceptors (Lipinski definition) is 3. The Morgan fingerprint density at radius 1 is 1.33 bits per heavy atom. The second kappa shape index (κ2) is 5.73. The molecule has 1 rings (SSSR count). The van der Waals surface area contributed by atoms with Crippen LogP contribution in [0.5, 0.6) is 5.75 Å². The molecule has 0 aliphatic carbocycles. The minimum atomic E-state index is -0.184. The molecule has 1 aromatic rings. The molecule has 1 unspecified atom stereocenters. The first-order valence-electron chi connectivity index (χ1n) is 5.20. The smallest absolute Gasteiger partial charge is 0.119 e. The fourth-order valence-electron chi connectivity index (χ4n) is 1.22. The number of rotatable bonds is 5. The third-order valence-electron chi connectivity index (χ3n) is 2.47. The highest BCUT2D eigenvalue weighted by Crippen LogP contribution is 2.16. The van der Waals surface area contributed by atoms with Gasteiger partial charge >= 0.3 is 0 Å². The van der Waals surface area contributed by atoms with E-state index in [1.165, 1.54) is 11.1 Å². The number of aryl methyl sites for hydroxylation is 2. The Morgan fingerprint density at radius 3 is 2.67 bits per heavy atom. The summed E-state index contributed by atoms with van der Waals surface area (Å²) in [5, 5.41) is 8.73. The minimum absolute atomic E-state index is 0.0102. The summed E-state index contributed by atoms with van der Waals surface area (Å²) in [6.07, 6.45) is 0.670. The molecule has 3 N–H and O–H groups in total. The molecule has 84 valence electrons. The molecule has 0 aliphatic rings. The second-order valence-electron chi connectivity index (χ2n) is 3.83. The van der Waals surface area contributed by atoms with Crippen LogP contribution in [-0.2, 0) is 0 Å². The van der Waals surface area contributed by atoms with E-state index in [9.17, 15) is 0 Å². The molecule has 1 atom stereocenters. The third-order valence-corrected chi connectivity index (χ3v) is 2.47. The van der Waals surface area contributed by atoms with E-state index in [0.29, 0.717) is 13.0 Å². The Labute approximate surface area is 90.9 Å². The molecule has 0 saturated heterocycles. The predicted octanol–water partition coefficient (Wildman–Crippen LogP) is 1.39. The summed E-state index contributed by atoms with van der Waals surface area (Å²) in [6.45, 7) is 4.68. The maximum Gasteiger partial charge on any atom is 0.119 e. The molecule has 0 fully saturated rings.